The van der Waals surface area contributed by atoms with E-state index >= 15 is 0 Å². The average Bonchev–Trinajstić information content (AvgIpc) is 3.50. The Kier molecular flexibility index (Phi) is 8.71. The topological polar surface area (TPSA) is 114 Å². The monoisotopic (exact) mass is 498 g/mol. The molecule has 0 saturated carbocycles. The van der Waals surface area contributed by atoms with E-state index in [4.69, 9.17) is 14.3 Å². The number of carboxylic acids is 1. The molecule has 2 aliphatic heterocycles. The van der Waals surface area contributed by atoms with Gasteiger partial charge in [0, 0.05) is 43.9 Å². The van der Waals surface area contributed by atoms with Crippen molar-refractivity contribution < 1.29 is 29.0 Å². The molecule has 194 valence electrons. The summed E-state index contributed by atoms with van der Waals surface area (Å²) in [6.07, 6.45) is 5.94. The van der Waals surface area contributed by atoms with Crippen molar-refractivity contribution in [2.24, 2.45) is 5.92 Å². The van der Waals surface area contributed by atoms with E-state index < -0.39 is 11.9 Å². The van der Waals surface area contributed by atoms with Crippen molar-refractivity contribution in [2.45, 2.75) is 51.5 Å². The number of benzene rings is 1. The van der Waals surface area contributed by atoms with Crippen molar-refractivity contribution in [2.75, 3.05) is 33.0 Å². The molecule has 3 heterocycles. The van der Waals surface area contributed by atoms with Gasteiger partial charge in [0.15, 0.2) is 11.5 Å². The maximum Gasteiger partial charge on any atom is 0.308 e. The Balaban J connectivity index is 1.59. The molecule has 36 heavy (non-hydrogen) atoms. The Morgan fingerprint density at radius 3 is 2.67 bits per heavy atom. The van der Waals surface area contributed by atoms with Crippen molar-refractivity contribution in [3.05, 3.63) is 48.0 Å². The standard InChI is InChI=1S/C26H34N4O6/c1-3-12-30(36-13-4-2)24(31)16-29-15-19(18-6-8-21-22(14-18)35-17-34-21)25(26(32)33)20(29)7-9-23-27-10-5-11-28-23/h5-6,8,10-11,14,19-20,25H,3-4,7,9,12-13,15-17H2,1-2H3,(H,32,33). The zero-order valence-electron chi connectivity index (χ0n) is 20.8. The predicted molar refractivity (Wildman–Crippen MR) is 130 cm³/mol. The SMILES string of the molecule is CCCON(CCC)C(=O)CN1CC(c2ccc3c(c2)OCO3)C(C(=O)O)C1CCc1ncccn1. The summed E-state index contributed by atoms with van der Waals surface area (Å²) in [6.45, 7) is 5.58. The fourth-order valence-electron chi connectivity index (χ4n) is 4.99. The third-order valence-corrected chi connectivity index (χ3v) is 6.64. The summed E-state index contributed by atoms with van der Waals surface area (Å²) in [5.74, 6) is -0.167. The van der Waals surface area contributed by atoms with E-state index in [1.165, 1.54) is 5.06 Å². The molecule has 2 aromatic rings. The number of carbonyl (C=O) groups is 2. The molecule has 1 amide bonds. The van der Waals surface area contributed by atoms with E-state index in [1.807, 2.05) is 36.9 Å². The second-order valence-corrected chi connectivity index (χ2v) is 9.11. The highest BCUT2D eigenvalue weighted by Gasteiger charge is 2.47. The molecule has 10 heteroatoms. The number of amides is 1. The van der Waals surface area contributed by atoms with E-state index in [2.05, 4.69) is 9.97 Å². The smallest absolute Gasteiger partial charge is 0.308 e. The number of aryl methyl sites for hydroxylation is 1. The zero-order valence-corrected chi connectivity index (χ0v) is 20.8. The summed E-state index contributed by atoms with van der Waals surface area (Å²) in [5.41, 5.74) is 0.857. The van der Waals surface area contributed by atoms with Crippen molar-refractivity contribution in [1.82, 2.24) is 19.9 Å². The largest absolute Gasteiger partial charge is 0.481 e. The van der Waals surface area contributed by atoms with Gasteiger partial charge in [0.1, 0.15) is 5.82 Å². The number of fused-ring (bicyclic) bond motifs is 1. The molecule has 0 spiro atoms. The Morgan fingerprint density at radius 1 is 1.17 bits per heavy atom. The normalized spacial score (nSPS) is 21.0. The summed E-state index contributed by atoms with van der Waals surface area (Å²) in [7, 11) is 0. The molecular formula is C26H34N4O6. The number of rotatable bonds is 12. The number of likely N-dealkylation sites (tertiary alicyclic amines) is 1. The van der Waals surface area contributed by atoms with Crippen LogP contribution in [0.25, 0.3) is 0 Å². The molecule has 0 bridgehead atoms. The van der Waals surface area contributed by atoms with Crippen LogP contribution in [0.15, 0.2) is 36.7 Å². The number of carboxylic acid groups (broad SMARTS) is 1. The summed E-state index contributed by atoms with van der Waals surface area (Å²) in [4.78, 5) is 42.1. The average molecular weight is 499 g/mol. The lowest BCUT2D eigenvalue weighted by Gasteiger charge is -2.29. The van der Waals surface area contributed by atoms with Crippen LogP contribution in [-0.4, -0.2) is 76.0 Å². The van der Waals surface area contributed by atoms with Gasteiger partial charge in [0.25, 0.3) is 5.91 Å². The molecule has 0 aliphatic carbocycles. The third-order valence-electron chi connectivity index (χ3n) is 6.64. The van der Waals surface area contributed by atoms with Crippen molar-refractivity contribution in [1.29, 1.82) is 0 Å². The fraction of sp³-hybridized carbons (Fsp3) is 0.538. The minimum atomic E-state index is -0.890. The molecule has 3 atom stereocenters. The number of aromatic nitrogens is 2. The summed E-state index contributed by atoms with van der Waals surface area (Å²) in [5, 5.41) is 11.8. The van der Waals surface area contributed by atoms with Crippen molar-refractivity contribution in [3.8, 4) is 11.5 Å². The van der Waals surface area contributed by atoms with Crippen LogP contribution in [0.3, 0.4) is 0 Å². The second kappa shape index (κ2) is 12.1. The molecule has 4 rings (SSSR count). The molecule has 1 aromatic carbocycles. The fourth-order valence-corrected chi connectivity index (χ4v) is 4.99. The number of hydrogen-bond acceptors (Lipinski definition) is 8. The van der Waals surface area contributed by atoms with Gasteiger partial charge in [-0.15, -0.1) is 0 Å². The summed E-state index contributed by atoms with van der Waals surface area (Å²) in [6, 6.07) is 6.95. The predicted octanol–water partition coefficient (Wildman–Crippen LogP) is 2.89. The number of aliphatic carboxylic acids is 1. The van der Waals surface area contributed by atoms with E-state index in [9.17, 15) is 14.7 Å². The van der Waals surface area contributed by atoms with Crippen LogP contribution in [-0.2, 0) is 20.8 Å². The van der Waals surface area contributed by atoms with Gasteiger partial charge in [-0.05, 0) is 43.0 Å². The Labute approximate surface area is 211 Å². The first-order chi connectivity index (χ1) is 17.5. The number of hydrogen-bond donors (Lipinski definition) is 1. The molecular weight excluding hydrogens is 464 g/mol. The van der Waals surface area contributed by atoms with E-state index in [-0.39, 0.29) is 31.2 Å². The van der Waals surface area contributed by atoms with Gasteiger partial charge >= 0.3 is 5.97 Å². The lowest BCUT2D eigenvalue weighted by molar-refractivity contribution is -0.188. The third kappa shape index (κ3) is 5.93. The lowest BCUT2D eigenvalue weighted by atomic mass is 9.83. The highest BCUT2D eigenvalue weighted by Crippen LogP contribution is 2.42. The molecule has 2 aliphatic rings. The van der Waals surface area contributed by atoms with Crippen LogP contribution in [0.4, 0.5) is 0 Å². The molecule has 3 unspecified atom stereocenters. The van der Waals surface area contributed by atoms with E-state index in [0.717, 1.165) is 18.4 Å². The second-order valence-electron chi connectivity index (χ2n) is 9.11. The minimum absolute atomic E-state index is 0.0782. The van der Waals surface area contributed by atoms with Crippen LogP contribution in [0, 0.1) is 5.92 Å². The highest BCUT2D eigenvalue weighted by molar-refractivity contribution is 5.78. The van der Waals surface area contributed by atoms with Crippen LogP contribution in [0.5, 0.6) is 11.5 Å². The molecule has 10 nitrogen and oxygen atoms in total. The molecule has 1 aromatic heterocycles. The Hall–Kier alpha value is -3.24. The number of nitrogens with zero attached hydrogens (tertiary/aromatic N) is 4. The molecule has 0 radical (unpaired) electrons. The molecule has 1 saturated heterocycles. The lowest BCUT2D eigenvalue weighted by Crippen LogP contribution is -2.44. The van der Waals surface area contributed by atoms with Gasteiger partial charge < -0.3 is 14.6 Å². The Bertz CT molecular complexity index is 1040. The Morgan fingerprint density at radius 2 is 1.94 bits per heavy atom. The highest BCUT2D eigenvalue weighted by atomic mass is 16.7. The molecule has 1 N–H and O–H groups in total. The van der Waals surface area contributed by atoms with Gasteiger partial charge in [-0.2, -0.15) is 0 Å². The maximum absolute atomic E-state index is 13.2. The van der Waals surface area contributed by atoms with Gasteiger partial charge in [0.2, 0.25) is 6.79 Å². The summed E-state index contributed by atoms with van der Waals surface area (Å²) >= 11 is 0. The van der Waals surface area contributed by atoms with Crippen molar-refractivity contribution >= 4 is 11.9 Å². The molecule has 1 fully saturated rings. The number of carbonyl (C=O) groups excluding carboxylic acids is 1. The van der Waals surface area contributed by atoms with Gasteiger partial charge in [-0.1, -0.05) is 19.9 Å². The number of hydroxylamine groups is 2. The quantitative estimate of drug-likeness (QED) is 0.441. The van der Waals surface area contributed by atoms with Crippen molar-refractivity contribution in [3.63, 3.8) is 0 Å². The minimum Gasteiger partial charge on any atom is -0.481 e. The van der Waals surface area contributed by atoms with Crippen LogP contribution in [0.1, 0.15) is 50.4 Å². The van der Waals surface area contributed by atoms with E-state index in [0.29, 0.717) is 49.9 Å². The zero-order chi connectivity index (χ0) is 25.5. The first-order valence-electron chi connectivity index (χ1n) is 12.6. The van der Waals surface area contributed by atoms with Crippen LogP contribution in [0.2, 0.25) is 0 Å². The number of ether oxygens (including phenoxy) is 2. The van der Waals surface area contributed by atoms with Gasteiger partial charge in [-0.25, -0.2) is 15.0 Å². The van der Waals surface area contributed by atoms with Crippen LogP contribution < -0.4 is 9.47 Å². The first-order valence-corrected chi connectivity index (χ1v) is 12.6. The van der Waals surface area contributed by atoms with Gasteiger partial charge in [0.05, 0.1) is 19.1 Å². The maximum atomic E-state index is 13.2. The summed E-state index contributed by atoms with van der Waals surface area (Å²) < 4.78 is 11.0. The van der Waals surface area contributed by atoms with E-state index in [1.54, 1.807) is 18.5 Å². The van der Waals surface area contributed by atoms with Gasteiger partial charge in [-0.3, -0.25) is 19.3 Å². The first kappa shape index (κ1) is 25.8. The van der Waals surface area contributed by atoms with Crippen LogP contribution >= 0.6 is 0 Å².